The van der Waals surface area contributed by atoms with Gasteiger partial charge in [-0.05, 0) is 22.0 Å². The van der Waals surface area contributed by atoms with Crippen molar-refractivity contribution in [3.8, 4) is 0 Å². The van der Waals surface area contributed by atoms with Crippen molar-refractivity contribution in [3.05, 3.63) is 37.4 Å². The van der Waals surface area contributed by atoms with Crippen LogP contribution in [-0.2, 0) is 0 Å². The second-order valence-corrected chi connectivity index (χ2v) is 4.88. The van der Waals surface area contributed by atoms with Gasteiger partial charge in [0.2, 0.25) is 5.78 Å². The molecule has 13 heavy (non-hydrogen) atoms. The van der Waals surface area contributed by atoms with Crippen molar-refractivity contribution in [2.45, 2.75) is 0 Å². The number of rotatable bonds is 2. The summed E-state index contributed by atoms with van der Waals surface area (Å²) in [7, 11) is 0. The number of hydrogen-bond acceptors (Lipinski definition) is 4. The van der Waals surface area contributed by atoms with Crippen LogP contribution in [0.4, 0.5) is 0 Å². The Morgan fingerprint density at radius 1 is 1.46 bits per heavy atom. The van der Waals surface area contributed by atoms with Gasteiger partial charge in [0.15, 0.2) is 0 Å². The van der Waals surface area contributed by atoms with Crippen molar-refractivity contribution < 1.29 is 4.79 Å². The van der Waals surface area contributed by atoms with E-state index < -0.39 is 0 Å². The van der Waals surface area contributed by atoms with Crippen molar-refractivity contribution >= 4 is 44.4 Å². The normalized spacial score (nSPS) is 10.2. The average molecular weight is 274 g/mol. The van der Waals surface area contributed by atoms with E-state index in [4.69, 9.17) is 0 Å². The minimum atomic E-state index is -0.00282. The molecule has 0 aliphatic heterocycles. The highest BCUT2D eigenvalue weighted by atomic mass is 79.9. The molecule has 0 aromatic carbocycles. The fraction of sp³-hybridized carbons (Fsp3) is 0. The van der Waals surface area contributed by atoms with Gasteiger partial charge < -0.3 is 0 Å². The second-order valence-electron chi connectivity index (χ2n) is 2.33. The van der Waals surface area contributed by atoms with Crippen molar-refractivity contribution in [2.75, 3.05) is 0 Å². The Balaban J connectivity index is 2.33. The fourth-order valence-electron chi connectivity index (χ4n) is 0.883. The summed E-state index contributed by atoms with van der Waals surface area (Å²) in [4.78, 5) is 16.3. The van der Waals surface area contributed by atoms with E-state index in [0.29, 0.717) is 5.69 Å². The molecule has 0 saturated heterocycles. The zero-order chi connectivity index (χ0) is 9.26. The molecular formula is C8H4BrNOS2. The van der Waals surface area contributed by atoms with Gasteiger partial charge in [-0.3, -0.25) is 4.79 Å². The molecule has 0 radical (unpaired) electrons. The van der Waals surface area contributed by atoms with Crippen LogP contribution in [0.1, 0.15) is 15.4 Å². The summed E-state index contributed by atoms with van der Waals surface area (Å²) in [6.07, 6.45) is 0. The third-order valence-electron chi connectivity index (χ3n) is 1.46. The van der Waals surface area contributed by atoms with Gasteiger partial charge in [0, 0.05) is 15.2 Å². The van der Waals surface area contributed by atoms with Gasteiger partial charge in [0.25, 0.3) is 0 Å². The van der Waals surface area contributed by atoms with Crippen molar-refractivity contribution in [3.63, 3.8) is 0 Å². The van der Waals surface area contributed by atoms with Crippen LogP contribution in [0.5, 0.6) is 0 Å². The predicted octanol–water partition coefficient (Wildman–Crippen LogP) is 3.20. The van der Waals surface area contributed by atoms with Crippen LogP contribution in [0, 0.1) is 0 Å². The lowest BCUT2D eigenvalue weighted by Gasteiger charge is -1.89. The Morgan fingerprint density at radius 2 is 2.31 bits per heavy atom. The topological polar surface area (TPSA) is 30.0 Å². The van der Waals surface area contributed by atoms with Gasteiger partial charge in [0.1, 0.15) is 5.69 Å². The molecule has 0 unspecified atom stereocenters. The molecule has 0 bridgehead atoms. The van der Waals surface area contributed by atoms with E-state index in [1.165, 1.54) is 22.7 Å². The lowest BCUT2D eigenvalue weighted by molar-refractivity contribution is 0.103. The maximum atomic E-state index is 11.7. The number of thiazole rings is 1. The van der Waals surface area contributed by atoms with Gasteiger partial charge in [-0.1, -0.05) is 0 Å². The number of aromatic nitrogens is 1. The van der Waals surface area contributed by atoms with Crippen LogP contribution in [0.3, 0.4) is 0 Å². The first-order valence-corrected chi connectivity index (χ1v) is 6.06. The first-order chi connectivity index (χ1) is 6.27. The number of carbonyl (C=O) groups excluding carboxylic acids is 1. The van der Waals surface area contributed by atoms with Crippen LogP contribution < -0.4 is 0 Å². The van der Waals surface area contributed by atoms with Gasteiger partial charge >= 0.3 is 0 Å². The highest BCUT2D eigenvalue weighted by molar-refractivity contribution is 9.10. The molecule has 5 heteroatoms. The molecule has 0 spiro atoms. The molecule has 2 aromatic heterocycles. The highest BCUT2D eigenvalue weighted by Crippen LogP contribution is 2.22. The SMILES string of the molecule is O=C(c1cscn1)c1cc(Br)cs1. The molecule has 0 atom stereocenters. The van der Waals surface area contributed by atoms with Gasteiger partial charge in [-0.25, -0.2) is 4.98 Å². The second kappa shape index (κ2) is 3.69. The summed E-state index contributed by atoms with van der Waals surface area (Å²) in [5.41, 5.74) is 2.19. The molecule has 0 saturated carbocycles. The summed E-state index contributed by atoms with van der Waals surface area (Å²) in [5, 5.41) is 3.65. The molecule has 0 amide bonds. The maximum Gasteiger partial charge on any atom is 0.222 e. The van der Waals surface area contributed by atoms with Crippen LogP contribution in [0.25, 0.3) is 0 Å². The summed E-state index contributed by atoms with van der Waals surface area (Å²) >= 11 is 6.16. The van der Waals surface area contributed by atoms with Crippen LogP contribution in [0.2, 0.25) is 0 Å². The minimum Gasteiger partial charge on any atom is -0.286 e. The third kappa shape index (κ3) is 1.87. The first-order valence-electron chi connectivity index (χ1n) is 3.44. The average Bonchev–Trinajstić information content (AvgIpc) is 2.72. The Morgan fingerprint density at radius 3 is 2.85 bits per heavy atom. The number of nitrogens with zero attached hydrogens (tertiary/aromatic N) is 1. The monoisotopic (exact) mass is 273 g/mol. The van der Waals surface area contributed by atoms with E-state index >= 15 is 0 Å². The fourth-order valence-corrected chi connectivity index (χ4v) is 2.79. The Hall–Kier alpha value is -0.520. The van der Waals surface area contributed by atoms with Crippen molar-refractivity contribution in [1.82, 2.24) is 4.98 Å². The zero-order valence-electron chi connectivity index (χ0n) is 6.36. The Kier molecular flexibility index (Phi) is 2.57. The molecule has 66 valence electrons. The van der Waals surface area contributed by atoms with Crippen molar-refractivity contribution in [2.24, 2.45) is 0 Å². The van der Waals surface area contributed by atoms with E-state index in [2.05, 4.69) is 20.9 Å². The Bertz CT molecular complexity index is 421. The highest BCUT2D eigenvalue weighted by Gasteiger charge is 2.12. The first kappa shape index (κ1) is 9.05. The molecule has 0 fully saturated rings. The van der Waals surface area contributed by atoms with E-state index in [1.54, 1.807) is 10.9 Å². The third-order valence-corrected chi connectivity index (χ3v) is 3.73. The zero-order valence-corrected chi connectivity index (χ0v) is 9.58. The van der Waals surface area contributed by atoms with E-state index in [9.17, 15) is 4.79 Å². The van der Waals surface area contributed by atoms with Crippen LogP contribution in [-0.4, -0.2) is 10.8 Å². The molecule has 2 rings (SSSR count). The number of thiophene rings is 1. The quantitative estimate of drug-likeness (QED) is 0.787. The van der Waals surface area contributed by atoms with Gasteiger partial charge in [0.05, 0.1) is 10.4 Å². The largest absolute Gasteiger partial charge is 0.286 e. The standard InChI is InChI=1S/C8H4BrNOS2/c9-5-1-7(13-2-5)8(11)6-3-12-4-10-6/h1-4H. The summed E-state index contributed by atoms with van der Waals surface area (Å²) in [6.45, 7) is 0. The lowest BCUT2D eigenvalue weighted by Crippen LogP contribution is -1.97. The molecule has 0 aliphatic carbocycles. The van der Waals surface area contributed by atoms with E-state index in [0.717, 1.165) is 9.35 Å². The molecule has 0 N–H and O–H groups in total. The van der Waals surface area contributed by atoms with Crippen LogP contribution in [0.15, 0.2) is 26.8 Å². The van der Waals surface area contributed by atoms with Gasteiger partial charge in [-0.15, -0.1) is 22.7 Å². The number of hydrogen-bond donors (Lipinski definition) is 0. The number of carbonyl (C=O) groups is 1. The summed E-state index contributed by atoms with van der Waals surface area (Å²) in [5.74, 6) is -0.00282. The van der Waals surface area contributed by atoms with Crippen molar-refractivity contribution in [1.29, 1.82) is 0 Å². The molecule has 2 aromatic rings. The minimum absolute atomic E-state index is 0.00282. The summed E-state index contributed by atoms with van der Waals surface area (Å²) in [6, 6.07) is 1.81. The van der Waals surface area contributed by atoms with E-state index in [-0.39, 0.29) is 5.78 Å². The smallest absolute Gasteiger partial charge is 0.222 e. The molecule has 0 aliphatic rings. The number of ketones is 1. The molecular weight excluding hydrogens is 270 g/mol. The maximum absolute atomic E-state index is 11.7. The molecule has 2 nitrogen and oxygen atoms in total. The van der Waals surface area contributed by atoms with E-state index in [1.807, 2.05) is 11.4 Å². The van der Waals surface area contributed by atoms with Crippen LogP contribution >= 0.6 is 38.6 Å². The lowest BCUT2D eigenvalue weighted by atomic mass is 10.3. The number of halogens is 1. The Labute approximate surface area is 91.4 Å². The predicted molar refractivity (Wildman–Crippen MR) is 57.6 cm³/mol. The summed E-state index contributed by atoms with van der Waals surface area (Å²) < 4.78 is 0.941. The molecule has 2 heterocycles. The van der Waals surface area contributed by atoms with Gasteiger partial charge in [-0.2, -0.15) is 0 Å².